The van der Waals surface area contributed by atoms with Gasteiger partial charge in [0.2, 0.25) is 5.91 Å². The highest BCUT2D eigenvalue weighted by molar-refractivity contribution is 7.99. The Bertz CT molecular complexity index is 2150. The number of carbonyl (C=O) groups is 3. The lowest BCUT2D eigenvalue weighted by Crippen LogP contribution is -2.38. The molecule has 1 aliphatic carbocycles. The molecule has 2 aliphatic rings. The third-order valence-corrected chi connectivity index (χ3v) is 12.0. The van der Waals surface area contributed by atoms with Crippen LogP contribution >= 0.6 is 23.4 Å². The van der Waals surface area contributed by atoms with Crippen molar-refractivity contribution in [1.29, 1.82) is 0 Å². The number of hydrogen-bond acceptors (Lipinski definition) is 11. The zero-order chi connectivity index (χ0) is 39.6. The first-order valence-electron chi connectivity index (χ1n) is 18.3. The van der Waals surface area contributed by atoms with Gasteiger partial charge in [-0.15, -0.1) is 0 Å². The molecular weight excluding hydrogens is 740 g/mol. The molecule has 2 aromatic heterocycles. The predicted octanol–water partition coefficient (Wildman–Crippen LogP) is 6.11. The highest BCUT2D eigenvalue weighted by Gasteiger charge is 2.44. The Morgan fingerprint density at radius 3 is 2.27 bits per heavy atom. The van der Waals surface area contributed by atoms with Crippen LogP contribution in [-0.2, 0) is 25.7 Å². The summed E-state index contributed by atoms with van der Waals surface area (Å²) in [5.74, 6) is 0.960. The maximum atomic E-state index is 14.1. The van der Waals surface area contributed by atoms with Crippen molar-refractivity contribution in [2.75, 3.05) is 23.8 Å². The number of ketones is 2. The topological polar surface area (TPSA) is 174 Å². The van der Waals surface area contributed by atoms with Crippen molar-refractivity contribution >= 4 is 57.8 Å². The summed E-state index contributed by atoms with van der Waals surface area (Å²) in [6.45, 7) is 9.61. The standard InChI is InChI=1S/C41H47ClN6O6S/c1-23-24(2)35(51)32(25(3)34(23)50)41(4,5)18-31(49)47(19-26-8-10-27(11-9-26)28-12-14-29(42)15-13-28)16-6-7-17-55-20-30-36(52)37(53)40(54-30)48-22-46-33-38(43)44-21-45-39(33)48/h8-15,21-22,30,36-37,40,52-53H,6-7,16-20H2,1-5H3,(H2,43,44,45)/t30-,36-,37-,40-/m1/s1. The average molecular weight is 787 g/mol. The van der Waals surface area contributed by atoms with Gasteiger partial charge in [0, 0.05) is 58.0 Å². The number of rotatable bonds is 14. The first kappa shape index (κ1) is 40.3. The molecule has 2 aromatic carbocycles. The maximum absolute atomic E-state index is 14.1. The number of allylic oxidation sites excluding steroid dienone is 4. The number of Topliss-reactive ketones (excluding diaryl/α,β-unsaturated/α-hetero) is 2. The van der Waals surface area contributed by atoms with Gasteiger partial charge in [0.15, 0.2) is 29.3 Å². The number of fused-ring (bicyclic) bond motifs is 1. The maximum Gasteiger partial charge on any atom is 0.223 e. The van der Waals surface area contributed by atoms with Gasteiger partial charge in [0.1, 0.15) is 24.1 Å². The predicted molar refractivity (Wildman–Crippen MR) is 214 cm³/mol. The molecule has 12 nitrogen and oxygen atoms in total. The Kier molecular flexibility index (Phi) is 12.3. The molecule has 0 unspecified atom stereocenters. The number of unbranched alkanes of at least 4 members (excludes halogenated alkanes) is 1. The normalized spacial score (nSPS) is 20.6. The van der Waals surface area contributed by atoms with E-state index in [1.807, 2.05) is 67.3 Å². The van der Waals surface area contributed by atoms with Crippen LogP contribution in [0, 0.1) is 5.41 Å². The fourth-order valence-corrected chi connectivity index (χ4v) is 8.51. The Hall–Kier alpha value is -4.40. The summed E-state index contributed by atoms with van der Waals surface area (Å²) in [4.78, 5) is 54.8. The van der Waals surface area contributed by atoms with E-state index in [1.165, 1.54) is 12.7 Å². The van der Waals surface area contributed by atoms with Crippen LogP contribution in [0.3, 0.4) is 0 Å². The molecule has 1 fully saturated rings. The second-order valence-corrected chi connectivity index (χ2v) is 16.5. The largest absolute Gasteiger partial charge is 0.387 e. The molecule has 4 aromatic rings. The van der Waals surface area contributed by atoms with Crippen molar-refractivity contribution in [3.8, 4) is 11.1 Å². The van der Waals surface area contributed by atoms with Gasteiger partial charge in [0.05, 0.1) is 12.4 Å². The average Bonchev–Trinajstić information content (AvgIpc) is 3.71. The molecule has 3 heterocycles. The fraction of sp³-hybridized carbons (Fsp3) is 0.415. The molecule has 55 heavy (non-hydrogen) atoms. The van der Waals surface area contributed by atoms with Gasteiger partial charge in [-0.25, -0.2) is 15.0 Å². The minimum absolute atomic E-state index is 0.0633. The van der Waals surface area contributed by atoms with E-state index in [0.29, 0.717) is 63.7 Å². The Labute approximate surface area is 329 Å². The Morgan fingerprint density at radius 1 is 0.927 bits per heavy atom. The van der Waals surface area contributed by atoms with Gasteiger partial charge in [0.25, 0.3) is 0 Å². The van der Waals surface area contributed by atoms with Gasteiger partial charge in [-0.2, -0.15) is 11.8 Å². The molecule has 0 saturated carbocycles. The van der Waals surface area contributed by atoms with Gasteiger partial charge in [-0.3, -0.25) is 19.0 Å². The second kappa shape index (κ2) is 16.8. The molecule has 4 atom stereocenters. The van der Waals surface area contributed by atoms with Gasteiger partial charge >= 0.3 is 0 Å². The summed E-state index contributed by atoms with van der Waals surface area (Å²) >= 11 is 7.68. The van der Waals surface area contributed by atoms with E-state index in [0.717, 1.165) is 28.9 Å². The van der Waals surface area contributed by atoms with E-state index < -0.39 is 30.0 Å². The quantitative estimate of drug-likeness (QED) is 0.0994. The van der Waals surface area contributed by atoms with Gasteiger partial charge < -0.3 is 25.6 Å². The van der Waals surface area contributed by atoms with Crippen LogP contribution in [0.25, 0.3) is 22.3 Å². The highest BCUT2D eigenvalue weighted by atomic mass is 35.5. The van der Waals surface area contributed by atoms with Crippen LogP contribution in [-0.4, -0.2) is 88.5 Å². The smallest absolute Gasteiger partial charge is 0.223 e. The summed E-state index contributed by atoms with van der Waals surface area (Å²) in [5.41, 5.74) is 10.6. The molecular formula is C41H47ClN6O6S. The minimum Gasteiger partial charge on any atom is -0.387 e. The lowest BCUT2D eigenvalue weighted by Gasteiger charge is -2.33. The summed E-state index contributed by atoms with van der Waals surface area (Å²) < 4.78 is 7.64. The van der Waals surface area contributed by atoms with Crippen molar-refractivity contribution < 1.29 is 29.3 Å². The number of anilines is 1. The van der Waals surface area contributed by atoms with Gasteiger partial charge in [-0.1, -0.05) is 61.8 Å². The van der Waals surface area contributed by atoms with Crippen LogP contribution in [0.15, 0.2) is 83.5 Å². The molecule has 1 amide bonds. The molecule has 1 saturated heterocycles. The summed E-state index contributed by atoms with van der Waals surface area (Å²) in [6.07, 6.45) is 0.549. The zero-order valence-corrected chi connectivity index (χ0v) is 33.2. The van der Waals surface area contributed by atoms with E-state index >= 15 is 0 Å². The molecule has 4 N–H and O–H groups in total. The molecule has 0 bridgehead atoms. The number of thioether (sulfide) groups is 1. The van der Waals surface area contributed by atoms with E-state index in [-0.39, 0.29) is 29.7 Å². The number of hydrogen-bond donors (Lipinski definition) is 3. The van der Waals surface area contributed by atoms with Crippen LogP contribution in [0.5, 0.6) is 0 Å². The van der Waals surface area contributed by atoms with Crippen molar-refractivity contribution in [2.24, 2.45) is 5.41 Å². The Balaban J connectivity index is 1.09. The fourth-order valence-electron chi connectivity index (χ4n) is 7.30. The lowest BCUT2D eigenvalue weighted by atomic mass is 9.71. The molecule has 0 radical (unpaired) electrons. The molecule has 6 rings (SSSR count). The Morgan fingerprint density at radius 2 is 1.58 bits per heavy atom. The number of ether oxygens (including phenoxy) is 1. The number of benzene rings is 2. The van der Waals surface area contributed by atoms with E-state index in [1.54, 1.807) is 37.1 Å². The van der Waals surface area contributed by atoms with Crippen molar-refractivity contribution in [3.05, 3.63) is 94.1 Å². The first-order valence-corrected chi connectivity index (χ1v) is 19.8. The third kappa shape index (κ3) is 8.56. The number of nitrogens with two attached hydrogens (primary N) is 1. The molecule has 1 aliphatic heterocycles. The van der Waals surface area contributed by atoms with Gasteiger partial charge in [-0.05, 0) is 68.2 Å². The third-order valence-electron chi connectivity index (χ3n) is 10.6. The number of nitrogen functional groups attached to an aromatic ring is 1. The minimum atomic E-state index is -1.19. The number of carbonyl (C=O) groups excluding carboxylic acids is 3. The van der Waals surface area contributed by atoms with Crippen molar-refractivity contribution in [1.82, 2.24) is 24.4 Å². The number of nitrogens with zero attached hydrogens (tertiary/aromatic N) is 5. The van der Waals surface area contributed by atoms with E-state index in [4.69, 9.17) is 22.1 Å². The lowest BCUT2D eigenvalue weighted by molar-refractivity contribution is -0.133. The van der Waals surface area contributed by atoms with Crippen LogP contribution < -0.4 is 5.73 Å². The SMILES string of the molecule is CC1=C(C)C(=O)C(C(C)(C)CC(=O)N(CCCCSC[C@H]2O[C@@H](n3cnc4c(N)ncnc43)[C@H](O)[C@@H]2O)Cc2ccc(-c3ccc(Cl)cc3)cc2)=C(C)C1=O. The highest BCUT2D eigenvalue weighted by Crippen LogP contribution is 2.39. The van der Waals surface area contributed by atoms with E-state index in [9.17, 15) is 24.6 Å². The number of amides is 1. The number of aliphatic hydroxyl groups excluding tert-OH is 2. The number of halogens is 1. The van der Waals surface area contributed by atoms with Crippen molar-refractivity contribution in [2.45, 2.75) is 85.0 Å². The first-order chi connectivity index (χ1) is 26.2. The number of imidazole rings is 1. The van der Waals surface area contributed by atoms with E-state index in [2.05, 4.69) is 15.0 Å². The van der Waals surface area contributed by atoms with Crippen molar-refractivity contribution in [3.63, 3.8) is 0 Å². The number of aliphatic hydroxyl groups is 2. The summed E-state index contributed by atoms with van der Waals surface area (Å²) in [5, 5.41) is 22.3. The van der Waals surface area contributed by atoms with Crippen LogP contribution in [0.4, 0.5) is 5.82 Å². The summed E-state index contributed by atoms with van der Waals surface area (Å²) in [6, 6.07) is 15.7. The number of aromatic nitrogens is 4. The zero-order valence-electron chi connectivity index (χ0n) is 31.7. The molecule has 14 heteroatoms. The molecule has 290 valence electrons. The monoisotopic (exact) mass is 786 g/mol. The van der Waals surface area contributed by atoms with Crippen LogP contribution in [0.1, 0.15) is 65.7 Å². The molecule has 0 spiro atoms. The van der Waals surface area contributed by atoms with Crippen LogP contribution in [0.2, 0.25) is 5.02 Å². The second-order valence-electron chi connectivity index (χ2n) is 14.9. The summed E-state index contributed by atoms with van der Waals surface area (Å²) in [7, 11) is 0.